The Bertz CT molecular complexity index is 785. The largest absolute Gasteiger partial charge is 0.493 e. The SMILES string of the molecule is COc1ccc(/C=C/C(=O)N2CCCCC2Cc2ccccc2)cc1OC. The minimum Gasteiger partial charge on any atom is -0.493 e. The summed E-state index contributed by atoms with van der Waals surface area (Å²) in [5.41, 5.74) is 2.20. The number of rotatable bonds is 6. The Morgan fingerprint density at radius 2 is 1.85 bits per heavy atom. The molecular weight excluding hydrogens is 338 g/mol. The standard InChI is InChI=1S/C23H27NO3/c1-26-21-13-11-19(17-22(21)27-2)12-14-23(25)24-15-7-6-10-20(24)16-18-8-4-3-5-9-18/h3-5,8-9,11-14,17,20H,6-7,10,15-16H2,1-2H3/b14-12+. The molecule has 0 bridgehead atoms. The van der Waals surface area contributed by atoms with E-state index in [1.54, 1.807) is 20.3 Å². The van der Waals surface area contributed by atoms with E-state index in [9.17, 15) is 4.79 Å². The van der Waals surface area contributed by atoms with E-state index >= 15 is 0 Å². The Kier molecular flexibility index (Phi) is 6.53. The molecule has 0 N–H and O–H groups in total. The fourth-order valence-corrected chi connectivity index (χ4v) is 3.61. The average Bonchev–Trinajstić information content (AvgIpc) is 2.73. The summed E-state index contributed by atoms with van der Waals surface area (Å²) in [7, 11) is 3.22. The first-order valence-electron chi connectivity index (χ1n) is 9.46. The van der Waals surface area contributed by atoms with Crippen LogP contribution in [-0.2, 0) is 11.2 Å². The number of carbonyl (C=O) groups is 1. The molecule has 0 aromatic heterocycles. The normalized spacial score (nSPS) is 17.1. The lowest BCUT2D eigenvalue weighted by molar-refractivity contribution is -0.129. The summed E-state index contributed by atoms with van der Waals surface area (Å²) in [5, 5.41) is 0. The van der Waals surface area contributed by atoms with Crippen molar-refractivity contribution >= 4 is 12.0 Å². The first kappa shape index (κ1) is 19.0. The maximum Gasteiger partial charge on any atom is 0.246 e. The van der Waals surface area contributed by atoms with Gasteiger partial charge in [-0.05, 0) is 55.0 Å². The zero-order valence-corrected chi connectivity index (χ0v) is 16.1. The molecule has 1 amide bonds. The highest BCUT2D eigenvalue weighted by atomic mass is 16.5. The summed E-state index contributed by atoms with van der Waals surface area (Å²) >= 11 is 0. The highest BCUT2D eigenvalue weighted by Crippen LogP contribution is 2.28. The number of methoxy groups -OCH3 is 2. The van der Waals surface area contributed by atoms with Crippen molar-refractivity contribution in [1.29, 1.82) is 0 Å². The third kappa shape index (κ3) is 4.91. The molecule has 0 aliphatic carbocycles. The molecule has 1 heterocycles. The van der Waals surface area contributed by atoms with Gasteiger partial charge in [-0.2, -0.15) is 0 Å². The van der Waals surface area contributed by atoms with Crippen LogP contribution in [0.2, 0.25) is 0 Å². The lowest BCUT2D eigenvalue weighted by Gasteiger charge is -2.35. The van der Waals surface area contributed by atoms with E-state index in [4.69, 9.17) is 9.47 Å². The highest BCUT2D eigenvalue weighted by Gasteiger charge is 2.25. The third-order valence-electron chi connectivity index (χ3n) is 5.05. The molecule has 4 nitrogen and oxygen atoms in total. The van der Waals surface area contributed by atoms with Crippen LogP contribution in [0, 0.1) is 0 Å². The van der Waals surface area contributed by atoms with Gasteiger partial charge >= 0.3 is 0 Å². The van der Waals surface area contributed by atoms with Gasteiger partial charge in [0.25, 0.3) is 0 Å². The van der Waals surface area contributed by atoms with Gasteiger partial charge in [0.15, 0.2) is 11.5 Å². The summed E-state index contributed by atoms with van der Waals surface area (Å²) in [6.07, 6.45) is 7.74. The number of hydrogen-bond acceptors (Lipinski definition) is 3. The molecule has 2 aromatic rings. The van der Waals surface area contributed by atoms with Gasteiger partial charge in [0.05, 0.1) is 14.2 Å². The molecule has 4 heteroatoms. The highest BCUT2D eigenvalue weighted by molar-refractivity contribution is 5.92. The van der Waals surface area contributed by atoms with E-state index in [0.29, 0.717) is 11.5 Å². The summed E-state index contributed by atoms with van der Waals surface area (Å²) in [5.74, 6) is 1.41. The molecule has 1 saturated heterocycles. The first-order valence-corrected chi connectivity index (χ1v) is 9.46. The number of nitrogens with zero attached hydrogens (tertiary/aromatic N) is 1. The second kappa shape index (κ2) is 9.26. The van der Waals surface area contributed by atoms with Crippen LogP contribution in [0.4, 0.5) is 0 Å². The number of ether oxygens (including phenoxy) is 2. The fourth-order valence-electron chi connectivity index (χ4n) is 3.61. The van der Waals surface area contributed by atoms with Crippen LogP contribution < -0.4 is 9.47 Å². The topological polar surface area (TPSA) is 38.8 Å². The van der Waals surface area contributed by atoms with Crippen LogP contribution in [0.5, 0.6) is 11.5 Å². The maximum atomic E-state index is 12.8. The molecule has 1 aliphatic heterocycles. The molecule has 0 radical (unpaired) electrons. The lowest BCUT2D eigenvalue weighted by Crippen LogP contribution is -2.44. The van der Waals surface area contributed by atoms with Crippen molar-refractivity contribution in [2.45, 2.75) is 31.7 Å². The zero-order valence-electron chi connectivity index (χ0n) is 16.1. The van der Waals surface area contributed by atoms with Crippen LogP contribution in [0.3, 0.4) is 0 Å². The van der Waals surface area contributed by atoms with E-state index in [1.807, 2.05) is 35.2 Å². The molecule has 0 saturated carbocycles. The predicted octanol–water partition coefficient (Wildman–Crippen LogP) is 4.34. The summed E-state index contributed by atoms with van der Waals surface area (Å²) in [6.45, 7) is 0.826. The van der Waals surface area contributed by atoms with E-state index in [-0.39, 0.29) is 11.9 Å². The number of benzene rings is 2. The van der Waals surface area contributed by atoms with Gasteiger partial charge in [-0.25, -0.2) is 0 Å². The van der Waals surface area contributed by atoms with Gasteiger partial charge in [0.2, 0.25) is 5.91 Å². The summed E-state index contributed by atoms with van der Waals surface area (Å²) in [4.78, 5) is 14.9. The van der Waals surface area contributed by atoms with Gasteiger partial charge in [0, 0.05) is 18.7 Å². The first-order chi connectivity index (χ1) is 13.2. The smallest absolute Gasteiger partial charge is 0.246 e. The number of piperidine rings is 1. The Balaban J connectivity index is 1.70. The summed E-state index contributed by atoms with van der Waals surface area (Å²) < 4.78 is 10.6. The van der Waals surface area contributed by atoms with Gasteiger partial charge in [-0.3, -0.25) is 4.79 Å². The number of likely N-dealkylation sites (tertiary alicyclic amines) is 1. The average molecular weight is 365 g/mol. The maximum absolute atomic E-state index is 12.8. The second-order valence-corrected chi connectivity index (χ2v) is 6.82. The van der Waals surface area contributed by atoms with Gasteiger partial charge < -0.3 is 14.4 Å². The minimum atomic E-state index is 0.0745. The zero-order chi connectivity index (χ0) is 19.1. The number of carbonyl (C=O) groups excluding carboxylic acids is 1. The molecule has 3 rings (SSSR count). The Morgan fingerprint density at radius 1 is 1.07 bits per heavy atom. The van der Waals surface area contributed by atoms with Crippen molar-refractivity contribution in [3.8, 4) is 11.5 Å². The molecule has 2 aromatic carbocycles. The Hall–Kier alpha value is -2.75. The van der Waals surface area contributed by atoms with Crippen LogP contribution in [0.1, 0.15) is 30.4 Å². The van der Waals surface area contributed by atoms with Crippen LogP contribution in [0.25, 0.3) is 6.08 Å². The molecule has 0 spiro atoms. The van der Waals surface area contributed by atoms with Crippen LogP contribution >= 0.6 is 0 Å². The monoisotopic (exact) mass is 365 g/mol. The van der Waals surface area contributed by atoms with Crippen molar-refractivity contribution in [3.63, 3.8) is 0 Å². The van der Waals surface area contributed by atoms with Crippen molar-refractivity contribution in [1.82, 2.24) is 4.90 Å². The van der Waals surface area contributed by atoms with Crippen LogP contribution in [0.15, 0.2) is 54.6 Å². The van der Waals surface area contributed by atoms with Crippen molar-refractivity contribution in [2.75, 3.05) is 20.8 Å². The molecule has 1 atom stereocenters. The second-order valence-electron chi connectivity index (χ2n) is 6.82. The van der Waals surface area contributed by atoms with E-state index < -0.39 is 0 Å². The molecule has 142 valence electrons. The Morgan fingerprint density at radius 3 is 2.59 bits per heavy atom. The molecule has 1 fully saturated rings. The van der Waals surface area contributed by atoms with E-state index in [2.05, 4.69) is 24.3 Å². The van der Waals surface area contributed by atoms with Crippen LogP contribution in [-0.4, -0.2) is 37.6 Å². The Labute approximate surface area is 161 Å². The van der Waals surface area contributed by atoms with Crippen molar-refractivity contribution < 1.29 is 14.3 Å². The quantitative estimate of drug-likeness (QED) is 0.715. The number of amides is 1. The molecule has 1 unspecified atom stereocenters. The van der Waals surface area contributed by atoms with E-state index in [1.165, 1.54) is 12.0 Å². The van der Waals surface area contributed by atoms with Crippen molar-refractivity contribution in [3.05, 3.63) is 65.7 Å². The molecule has 1 aliphatic rings. The van der Waals surface area contributed by atoms with E-state index in [0.717, 1.165) is 31.4 Å². The molecule has 27 heavy (non-hydrogen) atoms. The summed E-state index contributed by atoms with van der Waals surface area (Å²) in [6, 6.07) is 16.3. The van der Waals surface area contributed by atoms with Crippen molar-refractivity contribution in [2.24, 2.45) is 0 Å². The third-order valence-corrected chi connectivity index (χ3v) is 5.05. The molecular formula is C23H27NO3. The predicted molar refractivity (Wildman–Crippen MR) is 108 cm³/mol. The minimum absolute atomic E-state index is 0.0745. The fraction of sp³-hybridized carbons (Fsp3) is 0.348. The van der Waals surface area contributed by atoms with Gasteiger partial charge in [-0.15, -0.1) is 0 Å². The lowest BCUT2D eigenvalue weighted by atomic mass is 9.95. The number of hydrogen-bond donors (Lipinski definition) is 0. The van der Waals surface area contributed by atoms with Gasteiger partial charge in [0.1, 0.15) is 0 Å². The van der Waals surface area contributed by atoms with Gasteiger partial charge in [-0.1, -0.05) is 36.4 Å².